The van der Waals surface area contributed by atoms with Crippen molar-refractivity contribution in [2.24, 2.45) is 5.73 Å². The SMILES string of the molecule is Cc1c(C(=O)NCC(O)C(N)=O)oc2c(F)cccc12. The molecule has 1 unspecified atom stereocenters. The van der Waals surface area contributed by atoms with Gasteiger partial charge in [0.1, 0.15) is 6.10 Å². The number of halogens is 1. The molecule has 2 rings (SSSR count). The van der Waals surface area contributed by atoms with E-state index in [0.29, 0.717) is 10.9 Å². The Balaban J connectivity index is 2.25. The van der Waals surface area contributed by atoms with Gasteiger partial charge in [0, 0.05) is 10.9 Å². The number of carbonyl (C=O) groups excluding carboxylic acids is 2. The molecule has 0 aliphatic heterocycles. The van der Waals surface area contributed by atoms with Gasteiger partial charge in [-0.05, 0) is 13.0 Å². The number of fused-ring (bicyclic) bond motifs is 1. The van der Waals surface area contributed by atoms with Crippen LogP contribution in [0.5, 0.6) is 0 Å². The van der Waals surface area contributed by atoms with E-state index >= 15 is 0 Å². The van der Waals surface area contributed by atoms with Crippen molar-refractivity contribution in [1.29, 1.82) is 0 Å². The van der Waals surface area contributed by atoms with Gasteiger partial charge in [-0.25, -0.2) is 4.39 Å². The van der Waals surface area contributed by atoms with Gasteiger partial charge in [-0.3, -0.25) is 9.59 Å². The highest BCUT2D eigenvalue weighted by Gasteiger charge is 2.20. The third kappa shape index (κ3) is 2.48. The molecule has 0 aliphatic carbocycles. The molecule has 106 valence electrons. The molecular formula is C13H13FN2O4. The summed E-state index contributed by atoms with van der Waals surface area (Å²) in [5.41, 5.74) is 5.33. The van der Waals surface area contributed by atoms with Crippen LogP contribution in [0.2, 0.25) is 0 Å². The molecule has 20 heavy (non-hydrogen) atoms. The number of para-hydroxylation sites is 1. The summed E-state index contributed by atoms with van der Waals surface area (Å²) in [6.45, 7) is 1.28. The highest BCUT2D eigenvalue weighted by Crippen LogP contribution is 2.27. The molecule has 0 aliphatic rings. The van der Waals surface area contributed by atoms with E-state index in [1.807, 2.05) is 0 Å². The molecule has 1 aromatic heterocycles. The largest absolute Gasteiger partial charge is 0.448 e. The summed E-state index contributed by atoms with van der Waals surface area (Å²) in [6, 6.07) is 4.37. The van der Waals surface area contributed by atoms with E-state index in [4.69, 9.17) is 10.2 Å². The second kappa shape index (κ2) is 5.30. The van der Waals surface area contributed by atoms with Gasteiger partial charge in [-0.1, -0.05) is 12.1 Å². The third-order valence-electron chi connectivity index (χ3n) is 2.91. The molecule has 0 saturated carbocycles. The standard InChI is InChI=1S/C13H13FN2O4/c1-6-7-3-2-4-8(14)11(7)20-10(6)13(19)16-5-9(17)12(15)18/h2-4,9,17H,5H2,1H3,(H2,15,18)(H,16,19). The van der Waals surface area contributed by atoms with Crippen LogP contribution in [0.4, 0.5) is 4.39 Å². The van der Waals surface area contributed by atoms with E-state index in [-0.39, 0.29) is 17.9 Å². The molecule has 0 bridgehead atoms. The molecule has 4 N–H and O–H groups in total. The van der Waals surface area contributed by atoms with Crippen LogP contribution in [0.3, 0.4) is 0 Å². The van der Waals surface area contributed by atoms with Crippen LogP contribution in [-0.4, -0.2) is 29.6 Å². The number of benzene rings is 1. The maximum atomic E-state index is 13.5. The topological polar surface area (TPSA) is 106 Å². The van der Waals surface area contributed by atoms with Gasteiger partial charge in [-0.15, -0.1) is 0 Å². The zero-order valence-corrected chi connectivity index (χ0v) is 10.6. The number of hydrogen-bond acceptors (Lipinski definition) is 4. The average molecular weight is 280 g/mol. The first-order valence-electron chi connectivity index (χ1n) is 5.85. The highest BCUT2D eigenvalue weighted by molar-refractivity contribution is 5.99. The number of nitrogens with one attached hydrogen (secondary N) is 1. The van der Waals surface area contributed by atoms with Gasteiger partial charge >= 0.3 is 0 Å². The van der Waals surface area contributed by atoms with Crippen molar-refractivity contribution >= 4 is 22.8 Å². The van der Waals surface area contributed by atoms with Crippen LogP contribution in [0.1, 0.15) is 16.1 Å². The van der Waals surface area contributed by atoms with Crippen LogP contribution in [0, 0.1) is 12.7 Å². The van der Waals surface area contributed by atoms with Gasteiger partial charge in [0.05, 0.1) is 6.54 Å². The van der Waals surface area contributed by atoms with Gasteiger partial charge in [-0.2, -0.15) is 0 Å². The molecule has 1 heterocycles. The van der Waals surface area contributed by atoms with Crippen molar-refractivity contribution in [2.45, 2.75) is 13.0 Å². The molecule has 0 spiro atoms. The zero-order valence-electron chi connectivity index (χ0n) is 10.6. The molecule has 0 fully saturated rings. The summed E-state index contributed by atoms with van der Waals surface area (Å²) >= 11 is 0. The van der Waals surface area contributed by atoms with E-state index in [2.05, 4.69) is 5.32 Å². The van der Waals surface area contributed by atoms with Gasteiger partial charge in [0.15, 0.2) is 17.2 Å². The molecule has 2 aromatic rings. The summed E-state index contributed by atoms with van der Waals surface area (Å²) < 4.78 is 18.7. The maximum Gasteiger partial charge on any atom is 0.287 e. The summed E-state index contributed by atoms with van der Waals surface area (Å²) in [5, 5.41) is 12.0. The van der Waals surface area contributed by atoms with E-state index in [0.717, 1.165) is 0 Å². The van der Waals surface area contributed by atoms with Crippen molar-refractivity contribution in [3.63, 3.8) is 0 Å². The number of aliphatic hydroxyl groups excluding tert-OH is 1. The number of carbonyl (C=O) groups is 2. The maximum absolute atomic E-state index is 13.5. The fourth-order valence-corrected chi connectivity index (χ4v) is 1.80. The predicted octanol–water partition coefficient (Wildman–Crippen LogP) is 0.456. The number of hydrogen-bond donors (Lipinski definition) is 3. The van der Waals surface area contributed by atoms with Crippen LogP contribution >= 0.6 is 0 Å². The van der Waals surface area contributed by atoms with Crippen LogP contribution < -0.4 is 11.1 Å². The minimum atomic E-state index is -1.49. The average Bonchev–Trinajstić information content (AvgIpc) is 2.75. The quantitative estimate of drug-likeness (QED) is 0.756. The zero-order chi connectivity index (χ0) is 14.9. The lowest BCUT2D eigenvalue weighted by atomic mass is 10.1. The van der Waals surface area contributed by atoms with Gasteiger partial charge in [0.25, 0.3) is 5.91 Å². The molecule has 0 radical (unpaired) electrons. The second-order valence-electron chi connectivity index (χ2n) is 4.30. The summed E-state index contributed by atoms with van der Waals surface area (Å²) in [7, 11) is 0. The molecule has 6 nitrogen and oxygen atoms in total. The van der Waals surface area contributed by atoms with Crippen LogP contribution in [0.15, 0.2) is 22.6 Å². The number of aryl methyl sites for hydroxylation is 1. The Morgan fingerprint density at radius 2 is 2.20 bits per heavy atom. The van der Waals surface area contributed by atoms with E-state index in [1.165, 1.54) is 12.1 Å². The minimum absolute atomic E-state index is 0.00870. The number of nitrogens with two attached hydrogens (primary N) is 1. The Morgan fingerprint density at radius 1 is 1.50 bits per heavy atom. The highest BCUT2D eigenvalue weighted by atomic mass is 19.1. The van der Waals surface area contributed by atoms with Crippen molar-refractivity contribution in [3.05, 3.63) is 35.3 Å². The third-order valence-corrected chi connectivity index (χ3v) is 2.91. The number of rotatable bonds is 4. The Hall–Kier alpha value is -2.41. The Morgan fingerprint density at radius 3 is 2.80 bits per heavy atom. The van der Waals surface area contributed by atoms with Crippen molar-refractivity contribution in [3.8, 4) is 0 Å². The molecule has 7 heteroatoms. The Bertz CT molecular complexity index is 680. The first kappa shape index (κ1) is 14.0. The minimum Gasteiger partial charge on any atom is -0.448 e. The first-order chi connectivity index (χ1) is 9.41. The lowest BCUT2D eigenvalue weighted by molar-refractivity contribution is -0.125. The lowest BCUT2D eigenvalue weighted by Crippen LogP contribution is -2.40. The van der Waals surface area contributed by atoms with Gasteiger partial charge < -0.3 is 20.6 Å². The first-order valence-corrected chi connectivity index (χ1v) is 5.85. The van der Waals surface area contributed by atoms with E-state index in [9.17, 15) is 19.1 Å². The van der Waals surface area contributed by atoms with Crippen molar-refractivity contribution in [2.75, 3.05) is 6.54 Å². The molecule has 1 atom stereocenters. The van der Waals surface area contributed by atoms with Crippen molar-refractivity contribution < 1.29 is 23.5 Å². The predicted molar refractivity (Wildman–Crippen MR) is 68.4 cm³/mol. The van der Waals surface area contributed by atoms with Crippen LogP contribution in [0.25, 0.3) is 11.0 Å². The smallest absolute Gasteiger partial charge is 0.287 e. The monoisotopic (exact) mass is 280 g/mol. The lowest BCUT2D eigenvalue weighted by Gasteiger charge is -2.07. The van der Waals surface area contributed by atoms with E-state index in [1.54, 1.807) is 13.0 Å². The number of amides is 2. The Labute approximate surface area is 113 Å². The van der Waals surface area contributed by atoms with Crippen molar-refractivity contribution in [1.82, 2.24) is 5.32 Å². The fraction of sp³-hybridized carbons (Fsp3) is 0.231. The summed E-state index contributed by atoms with van der Waals surface area (Å²) in [4.78, 5) is 22.5. The number of aliphatic hydroxyl groups is 1. The molecular weight excluding hydrogens is 267 g/mol. The van der Waals surface area contributed by atoms with Gasteiger partial charge in [0.2, 0.25) is 5.91 Å². The molecule has 1 aromatic carbocycles. The fourth-order valence-electron chi connectivity index (χ4n) is 1.80. The van der Waals surface area contributed by atoms with E-state index < -0.39 is 23.7 Å². The van der Waals surface area contributed by atoms with Crippen LogP contribution in [-0.2, 0) is 4.79 Å². The summed E-state index contributed by atoms with van der Waals surface area (Å²) in [6.07, 6.45) is -1.49. The normalized spacial score (nSPS) is 12.3. The number of furan rings is 1. The number of primary amides is 1. The second-order valence-corrected chi connectivity index (χ2v) is 4.30. The molecule has 2 amide bonds. The Kier molecular flexibility index (Phi) is 3.71. The molecule has 0 saturated heterocycles. The summed E-state index contributed by atoms with van der Waals surface area (Å²) in [5.74, 6) is -2.24.